The Labute approximate surface area is 267 Å². The molecule has 0 spiro atoms. The Morgan fingerprint density at radius 2 is 1.85 bits per heavy atom. The molecule has 0 radical (unpaired) electrons. The first kappa shape index (κ1) is 32.8. The number of alkyl carbamates (subject to hydrolysis) is 1. The molecule has 4 heterocycles. The van der Waals surface area contributed by atoms with Gasteiger partial charge in [-0.3, -0.25) is 4.79 Å². The van der Waals surface area contributed by atoms with Crippen molar-refractivity contribution in [1.82, 2.24) is 30.2 Å². The number of alkyl halides is 5. The number of aromatic nitrogens is 4. The second-order valence-electron chi connectivity index (χ2n) is 12.4. The molecule has 3 aliphatic rings. The molecule has 3 aromatic rings. The maximum atomic E-state index is 14.1. The van der Waals surface area contributed by atoms with Gasteiger partial charge in [-0.15, -0.1) is 0 Å². The number of ether oxygens (including phenoxy) is 2. The largest absolute Gasteiger partial charge is 0.445 e. The number of piperidine rings is 1. The number of carbonyl (C=O) groups is 2. The normalized spacial score (nSPS) is 22.9. The van der Waals surface area contributed by atoms with E-state index in [1.54, 1.807) is 12.1 Å². The van der Waals surface area contributed by atoms with E-state index in [1.807, 2.05) is 23.1 Å². The molecule has 3 atom stereocenters. The van der Waals surface area contributed by atoms with Gasteiger partial charge in [0.05, 0.1) is 37.1 Å². The summed E-state index contributed by atoms with van der Waals surface area (Å²) < 4.78 is 81.1. The Hall–Kier alpha value is -4.08. The number of hydrogen-bond donors (Lipinski definition) is 2. The summed E-state index contributed by atoms with van der Waals surface area (Å²) in [7, 11) is 0. The fourth-order valence-corrected chi connectivity index (χ4v) is 6.45. The molecule has 6 rings (SSSR count). The summed E-state index contributed by atoms with van der Waals surface area (Å²) in [6.45, 7) is 1.22. The van der Waals surface area contributed by atoms with Gasteiger partial charge in [0.2, 0.25) is 11.8 Å². The minimum atomic E-state index is -4.46. The predicted molar refractivity (Wildman–Crippen MR) is 158 cm³/mol. The van der Waals surface area contributed by atoms with Crippen LogP contribution < -0.4 is 15.5 Å². The lowest BCUT2D eigenvalue weighted by Crippen LogP contribution is -2.47. The van der Waals surface area contributed by atoms with Crippen molar-refractivity contribution in [2.75, 3.05) is 37.7 Å². The van der Waals surface area contributed by atoms with Gasteiger partial charge in [-0.05, 0) is 30.7 Å². The second-order valence-corrected chi connectivity index (χ2v) is 12.4. The number of rotatable bonds is 8. The van der Waals surface area contributed by atoms with E-state index in [-0.39, 0.29) is 56.8 Å². The van der Waals surface area contributed by atoms with Crippen molar-refractivity contribution in [3.05, 3.63) is 53.5 Å². The van der Waals surface area contributed by atoms with Crippen LogP contribution in [-0.2, 0) is 27.3 Å². The summed E-state index contributed by atoms with van der Waals surface area (Å²) in [5.41, 5.74) is 1.42. The van der Waals surface area contributed by atoms with Crippen LogP contribution in [0, 0.1) is 17.8 Å². The van der Waals surface area contributed by atoms with Crippen molar-refractivity contribution in [3.8, 4) is 0 Å². The molecule has 16 heteroatoms. The SMILES string of the molecule is O=C(N[C@H](c1cn2nc(C[C@H]3C[C@@H](C(F)(F)F)CNC3=O)c(N3CCOCC3)nc2n1)C1CCC(F)(F)CC1)OCc1ccccc1. The van der Waals surface area contributed by atoms with E-state index in [0.717, 1.165) is 5.56 Å². The highest BCUT2D eigenvalue weighted by Gasteiger charge is 2.45. The summed E-state index contributed by atoms with van der Waals surface area (Å²) in [6, 6.07) is 8.27. The standard InChI is InChI=1S/C31H36F5N7O4/c32-30(33)8-6-20(7-9-30)25(39-29(45)47-18-19-4-2-1-3-5-19)24-17-43-28(38-24)40-26(42-10-12-46-13-11-42)23(41-43)15-21-14-22(31(34,35)36)16-37-27(21)44/h1-5,17,20-22,25H,6-16,18H2,(H,37,44)(H,39,45)/t21-,22-,25+/m1/s1. The molecule has 1 aliphatic carbocycles. The van der Waals surface area contributed by atoms with Crippen molar-refractivity contribution in [1.29, 1.82) is 0 Å². The molecular formula is C31H36F5N7O4. The van der Waals surface area contributed by atoms with Crippen molar-refractivity contribution >= 4 is 23.6 Å². The van der Waals surface area contributed by atoms with Crippen LogP contribution in [0.1, 0.15) is 55.1 Å². The molecule has 1 saturated carbocycles. The average molecular weight is 666 g/mol. The molecule has 47 heavy (non-hydrogen) atoms. The maximum Gasteiger partial charge on any atom is 0.408 e. The van der Waals surface area contributed by atoms with Gasteiger partial charge in [-0.2, -0.15) is 23.3 Å². The van der Waals surface area contributed by atoms with E-state index in [0.29, 0.717) is 43.5 Å². The Kier molecular flexibility index (Phi) is 9.48. The first-order chi connectivity index (χ1) is 22.4. The van der Waals surface area contributed by atoms with Gasteiger partial charge >= 0.3 is 12.3 Å². The molecule has 2 N–H and O–H groups in total. The van der Waals surface area contributed by atoms with E-state index in [9.17, 15) is 31.5 Å². The van der Waals surface area contributed by atoms with Crippen molar-refractivity contribution < 1.29 is 41.0 Å². The van der Waals surface area contributed by atoms with E-state index in [1.165, 1.54) is 10.7 Å². The van der Waals surface area contributed by atoms with Gasteiger partial charge in [-0.1, -0.05) is 30.3 Å². The number of morpholine rings is 1. The van der Waals surface area contributed by atoms with E-state index in [2.05, 4.69) is 20.7 Å². The molecule has 0 bridgehead atoms. The van der Waals surface area contributed by atoms with Crippen LogP contribution in [0.3, 0.4) is 0 Å². The summed E-state index contributed by atoms with van der Waals surface area (Å²) in [5.74, 6) is -5.80. The van der Waals surface area contributed by atoms with Crippen LogP contribution in [0.15, 0.2) is 36.5 Å². The average Bonchev–Trinajstić information content (AvgIpc) is 3.46. The Bertz CT molecular complexity index is 1550. The van der Waals surface area contributed by atoms with Crippen LogP contribution >= 0.6 is 0 Å². The number of benzene rings is 1. The lowest BCUT2D eigenvalue weighted by molar-refractivity contribution is -0.183. The molecule has 254 valence electrons. The zero-order valence-corrected chi connectivity index (χ0v) is 25.5. The van der Waals surface area contributed by atoms with Crippen LogP contribution in [0.2, 0.25) is 0 Å². The molecule has 3 fully saturated rings. The lowest BCUT2D eigenvalue weighted by Gasteiger charge is -2.33. The number of imidazole rings is 1. The van der Waals surface area contributed by atoms with Gasteiger partial charge in [0, 0.05) is 44.8 Å². The molecule has 2 aromatic heterocycles. The van der Waals surface area contributed by atoms with Gasteiger partial charge in [0.15, 0.2) is 5.82 Å². The van der Waals surface area contributed by atoms with Crippen molar-refractivity contribution in [2.45, 2.75) is 63.3 Å². The smallest absolute Gasteiger partial charge is 0.408 e. The van der Waals surface area contributed by atoms with Crippen LogP contribution in [0.5, 0.6) is 0 Å². The third-order valence-corrected chi connectivity index (χ3v) is 9.09. The van der Waals surface area contributed by atoms with Crippen LogP contribution in [0.4, 0.5) is 32.6 Å². The highest BCUT2D eigenvalue weighted by Crippen LogP contribution is 2.41. The van der Waals surface area contributed by atoms with Gasteiger partial charge in [0.25, 0.3) is 5.78 Å². The third kappa shape index (κ3) is 7.91. The van der Waals surface area contributed by atoms with Crippen LogP contribution in [0.25, 0.3) is 5.78 Å². The highest BCUT2D eigenvalue weighted by molar-refractivity contribution is 5.80. The fraction of sp³-hybridized carbons (Fsp3) is 0.581. The highest BCUT2D eigenvalue weighted by atomic mass is 19.4. The number of amides is 2. The molecule has 2 amide bonds. The molecular weight excluding hydrogens is 629 g/mol. The number of nitrogens with zero attached hydrogens (tertiary/aromatic N) is 5. The number of fused-ring (bicyclic) bond motifs is 1. The van der Waals surface area contributed by atoms with E-state index >= 15 is 0 Å². The number of nitrogens with one attached hydrogen (secondary N) is 2. The fourth-order valence-electron chi connectivity index (χ4n) is 6.45. The summed E-state index contributed by atoms with van der Waals surface area (Å²) in [6.07, 6.45) is -4.56. The van der Waals surface area contributed by atoms with Crippen molar-refractivity contribution in [2.24, 2.45) is 17.8 Å². The zero-order valence-electron chi connectivity index (χ0n) is 25.5. The summed E-state index contributed by atoms with van der Waals surface area (Å²) in [4.78, 5) is 36.9. The quantitative estimate of drug-likeness (QED) is 0.335. The van der Waals surface area contributed by atoms with Gasteiger partial charge < -0.3 is 25.0 Å². The number of carbonyl (C=O) groups excluding carboxylic acids is 2. The third-order valence-electron chi connectivity index (χ3n) is 9.09. The van der Waals surface area contributed by atoms with Crippen molar-refractivity contribution in [3.63, 3.8) is 0 Å². The molecule has 1 aromatic carbocycles. The Morgan fingerprint density at radius 1 is 1.13 bits per heavy atom. The number of halogens is 5. The molecule has 11 nitrogen and oxygen atoms in total. The molecule has 2 aliphatic heterocycles. The topological polar surface area (TPSA) is 123 Å². The Morgan fingerprint density at radius 3 is 2.55 bits per heavy atom. The van der Waals surface area contributed by atoms with Gasteiger partial charge in [0.1, 0.15) is 12.3 Å². The summed E-state index contributed by atoms with van der Waals surface area (Å²) in [5, 5.41) is 9.88. The maximum absolute atomic E-state index is 14.1. The second kappa shape index (κ2) is 13.6. The molecule has 0 unspecified atom stereocenters. The van der Waals surface area contributed by atoms with Crippen LogP contribution in [-0.4, -0.2) is 76.5 Å². The first-order valence-electron chi connectivity index (χ1n) is 15.7. The van der Waals surface area contributed by atoms with E-state index < -0.39 is 48.5 Å². The van der Waals surface area contributed by atoms with E-state index in [4.69, 9.17) is 14.5 Å². The van der Waals surface area contributed by atoms with Gasteiger partial charge in [-0.25, -0.2) is 23.1 Å². The molecule has 2 saturated heterocycles. The Balaban J connectivity index is 1.30. The predicted octanol–water partition coefficient (Wildman–Crippen LogP) is 4.61. The minimum absolute atomic E-state index is 0.00656. The first-order valence-corrected chi connectivity index (χ1v) is 15.7. The zero-order chi connectivity index (χ0) is 33.2. The number of anilines is 1. The minimum Gasteiger partial charge on any atom is -0.445 e. The lowest BCUT2D eigenvalue weighted by atomic mass is 9.81. The number of hydrogen-bond acceptors (Lipinski definition) is 8. The monoisotopic (exact) mass is 665 g/mol. The summed E-state index contributed by atoms with van der Waals surface area (Å²) >= 11 is 0.